The van der Waals surface area contributed by atoms with E-state index in [0.29, 0.717) is 6.04 Å². The Balaban J connectivity index is 1.98. The summed E-state index contributed by atoms with van der Waals surface area (Å²) in [6.45, 7) is 4.75. The zero-order chi connectivity index (χ0) is 6.53. The molecule has 9 heavy (non-hydrogen) atoms. The molecule has 1 unspecified atom stereocenters. The summed E-state index contributed by atoms with van der Waals surface area (Å²) < 4.78 is 5.22. The van der Waals surface area contributed by atoms with Crippen molar-refractivity contribution in [1.82, 2.24) is 5.32 Å². The van der Waals surface area contributed by atoms with E-state index in [-0.39, 0.29) is 0 Å². The van der Waals surface area contributed by atoms with Crippen LogP contribution in [0.4, 0.5) is 0 Å². The van der Waals surface area contributed by atoms with Crippen LogP contribution in [0.1, 0.15) is 19.8 Å². The van der Waals surface area contributed by atoms with Crippen LogP contribution in [-0.2, 0) is 4.74 Å². The minimum atomic E-state index is 0.518. The average molecular weight is 128 g/mol. The maximum absolute atomic E-state index is 5.22. The van der Waals surface area contributed by atoms with E-state index >= 15 is 0 Å². The molecule has 0 amide bonds. The second kappa shape index (κ2) is 3.85. The molecular weight excluding hydrogens is 114 g/mol. The fourth-order valence-corrected chi connectivity index (χ4v) is 1.08. The normalized spacial score (nSPS) is 27.0. The molecule has 0 bridgehead atoms. The predicted octanol–water partition coefficient (Wildman–Crippen LogP) is 0.790. The molecule has 1 fully saturated rings. The van der Waals surface area contributed by atoms with Gasteiger partial charge in [-0.25, -0.2) is 5.32 Å². The third kappa shape index (κ3) is 2.33. The molecule has 2 heteroatoms. The average Bonchev–Trinajstić information content (AvgIpc) is 2.34. The fourth-order valence-electron chi connectivity index (χ4n) is 1.08. The molecule has 0 aliphatic carbocycles. The molecule has 0 aromatic rings. The topological polar surface area (TPSA) is 23.3 Å². The Morgan fingerprint density at radius 1 is 1.67 bits per heavy atom. The molecule has 1 atom stereocenters. The minimum Gasteiger partial charge on any atom is -0.380 e. The van der Waals surface area contributed by atoms with Crippen molar-refractivity contribution in [2.75, 3.05) is 19.8 Å². The molecule has 1 saturated heterocycles. The Kier molecular flexibility index (Phi) is 3.01. The molecular formula is C7H14NO. The summed E-state index contributed by atoms with van der Waals surface area (Å²) >= 11 is 0. The molecule has 1 aliphatic heterocycles. The summed E-state index contributed by atoms with van der Waals surface area (Å²) in [4.78, 5) is 0. The number of ether oxygens (including phenoxy) is 1. The van der Waals surface area contributed by atoms with E-state index in [1.165, 1.54) is 12.8 Å². The Morgan fingerprint density at radius 3 is 3.11 bits per heavy atom. The first-order valence-corrected chi connectivity index (χ1v) is 3.68. The molecule has 1 heterocycles. The molecule has 0 aromatic heterocycles. The maximum Gasteiger partial charge on any atom is 0.0635 e. The molecule has 0 saturated carbocycles. The van der Waals surface area contributed by atoms with Crippen LogP contribution in [0.25, 0.3) is 0 Å². The van der Waals surface area contributed by atoms with Crippen LogP contribution in [0.3, 0.4) is 0 Å². The standard InChI is InChI=1S/C7H14NO/c1-2-9-6-7-4-3-5-8-7/h7H,2-6H2,1H3. The number of hydrogen-bond acceptors (Lipinski definition) is 1. The van der Waals surface area contributed by atoms with Gasteiger partial charge in [0.15, 0.2) is 0 Å². The summed E-state index contributed by atoms with van der Waals surface area (Å²) in [7, 11) is 0. The van der Waals surface area contributed by atoms with E-state index in [1.54, 1.807) is 0 Å². The van der Waals surface area contributed by atoms with Crippen LogP contribution in [0.15, 0.2) is 0 Å². The van der Waals surface area contributed by atoms with Crippen LogP contribution in [0.2, 0.25) is 0 Å². The van der Waals surface area contributed by atoms with Gasteiger partial charge in [0.25, 0.3) is 0 Å². The van der Waals surface area contributed by atoms with E-state index in [2.05, 4.69) is 5.32 Å². The summed E-state index contributed by atoms with van der Waals surface area (Å²) in [5, 5.41) is 4.35. The van der Waals surface area contributed by atoms with Crippen LogP contribution in [0, 0.1) is 0 Å². The zero-order valence-electron chi connectivity index (χ0n) is 5.97. The number of rotatable bonds is 3. The van der Waals surface area contributed by atoms with E-state index in [4.69, 9.17) is 4.74 Å². The summed E-state index contributed by atoms with van der Waals surface area (Å²) in [5.41, 5.74) is 0. The fraction of sp³-hybridized carbons (Fsp3) is 1.00. The van der Waals surface area contributed by atoms with Crippen LogP contribution in [0.5, 0.6) is 0 Å². The second-order valence-electron chi connectivity index (χ2n) is 2.36. The van der Waals surface area contributed by atoms with Gasteiger partial charge in [-0.3, -0.25) is 0 Å². The highest BCUT2D eigenvalue weighted by Crippen LogP contribution is 2.06. The van der Waals surface area contributed by atoms with Gasteiger partial charge in [0.05, 0.1) is 6.61 Å². The molecule has 1 aliphatic rings. The molecule has 1 rings (SSSR count). The predicted molar refractivity (Wildman–Crippen MR) is 36.5 cm³/mol. The highest BCUT2D eigenvalue weighted by atomic mass is 16.5. The Labute approximate surface area is 56.6 Å². The first-order valence-electron chi connectivity index (χ1n) is 3.68. The molecule has 2 nitrogen and oxygen atoms in total. The molecule has 0 N–H and O–H groups in total. The van der Waals surface area contributed by atoms with Gasteiger partial charge in [0, 0.05) is 19.2 Å². The van der Waals surface area contributed by atoms with Gasteiger partial charge in [-0.1, -0.05) is 0 Å². The second-order valence-corrected chi connectivity index (χ2v) is 2.36. The smallest absolute Gasteiger partial charge is 0.0635 e. The van der Waals surface area contributed by atoms with Crippen molar-refractivity contribution in [3.8, 4) is 0 Å². The lowest BCUT2D eigenvalue weighted by molar-refractivity contribution is 0.127. The third-order valence-corrected chi connectivity index (χ3v) is 1.60. The first kappa shape index (κ1) is 7.03. The molecule has 0 spiro atoms. The van der Waals surface area contributed by atoms with Crippen molar-refractivity contribution < 1.29 is 4.74 Å². The van der Waals surface area contributed by atoms with Crippen molar-refractivity contribution >= 4 is 0 Å². The zero-order valence-corrected chi connectivity index (χ0v) is 5.97. The SMILES string of the molecule is CCOCC1CCC[N]1. The molecule has 0 aromatic carbocycles. The van der Waals surface area contributed by atoms with Gasteiger partial charge in [-0.05, 0) is 19.8 Å². The van der Waals surface area contributed by atoms with Crippen molar-refractivity contribution in [2.24, 2.45) is 0 Å². The summed E-state index contributed by atoms with van der Waals surface area (Å²) in [6.07, 6.45) is 2.50. The van der Waals surface area contributed by atoms with E-state index in [9.17, 15) is 0 Å². The third-order valence-electron chi connectivity index (χ3n) is 1.60. The summed E-state index contributed by atoms with van der Waals surface area (Å²) in [5.74, 6) is 0. The number of nitrogens with zero attached hydrogens (tertiary/aromatic N) is 1. The minimum absolute atomic E-state index is 0.518. The van der Waals surface area contributed by atoms with Gasteiger partial charge in [-0.2, -0.15) is 0 Å². The lowest BCUT2D eigenvalue weighted by Crippen LogP contribution is -2.20. The van der Waals surface area contributed by atoms with Crippen molar-refractivity contribution in [1.29, 1.82) is 0 Å². The first-order chi connectivity index (χ1) is 4.43. The van der Waals surface area contributed by atoms with E-state index in [0.717, 1.165) is 19.8 Å². The van der Waals surface area contributed by atoms with Crippen LogP contribution < -0.4 is 5.32 Å². The van der Waals surface area contributed by atoms with Gasteiger partial charge in [-0.15, -0.1) is 0 Å². The monoisotopic (exact) mass is 128 g/mol. The maximum atomic E-state index is 5.22. The largest absolute Gasteiger partial charge is 0.380 e. The Morgan fingerprint density at radius 2 is 2.56 bits per heavy atom. The number of hydrogen-bond donors (Lipinski definition) is 0. The van der Waals surface area contributed by atoms with Crippen molar-refractivity contribution in [2.45, 2.75) is 25.8 Å². The van der Waals surface area contributed by atoms with E-state index < -0.39 is 0 Å². The van der Waals surface area contributed by atoms with Crippen molar-refractivity contribution in [3.05, 3.63) is 0 Å². The van der Waals surface area contributed by atoms with Crippen LogP contribution in [-0.4, -0.2) is 25.8 Å². The molecule has 53 valence electrons. The highest BCUT2D eigenvalue weighted by Gasteiger charge is 2.14. The lowest BCUT2D eigenvalue weighted by atomic mass is 10.2. The van der Waals surface area contributed by atoms with Crippen molar-refractivity contribution in [3.63, 3.8) is 0 Å². The Bertz CT molecular complexity index is 69.3. The van der Waals surface area contributed by atoms with Gasteiger partial charge in [0.1, 0.15) is 0 Å². The van der Waals surface area contributed by atoms with Crippen LogP contribution >= 0.6 is 0 Å². The molecule has 1 radical (unpaired) electrons. The summed E-state index contributed by atoms with van der Waals surface area (Å²) in [6, 6.07) is 0.518. The lowest BCUT2D eigenvalue weighted by Gasteiger charge is -2.06. The Hall–Kier alpha value is -0.0800. The van der Waals surface area contributed by atoms with Gasteiger partial charge in [0.2, 0.25) is 0 Å². The van der Waals surface area contributed by atoms with Gasteiger partial charge >= 0.3 is 0 Å². The van der Waals surface area contributed by atoms with E-state index in [1.807, 2.05) is 6.92 Å². The quantitative estimate of drug-likeness (QED) is 0.551. The van der Waals surface area contributed by atoms with Gasteiger partial charge < -0.3 is 4.74 Å². The highest BCUT2D eigenvalue weighted by molar-refractivity contribution is 4.72.